The number of hydrogen-bond donors (Lipinski definition) is 2. The van der Waals surface area contributed by atoms with Crippen molar-refractivity contribution in [2.24, 2.45) is 0 Å². The third-order valence-corrected chi connectivity index (χ3v) is 7.77. The van der Waals surface area contributed by atoms with Gasteiger partial charge in [-0.1, -0.05) is 71.7 Å². The number of carboxylic acid groups (broad SMARTS) is 1. The standard InChI is InChI=1S/C31H23Cl2N3O5S/c32-24-15-21(16-34-28(24)33)27-26(29(37)35-25(31(38)39)18-42-17-19-7-3-1-4-8-19)36-30(41-27)20-11-13-23(14-12-20)40-22-9-5-2-6-10-22/h1-16,25H,17-18H2,(H,35,37)(H,38,39). The summed E-state index contributed by atoms with van der Waals surface area (Å²) in [4.78, 5) is 33.9. The molecule has 5 aromatic rings. The molecule has 0 aliphatic heterocycles. The summed E-state index contributed by atoms with van der Waals surface area (Å²) >= 11 is 13.6. The Morgan fingerprint density at radius 1 is 0.929 bits per heavy atom. The van der Waals surface area contributed by atoms with Gasteiger partial charge in [0.2, 0.25) is 5.89 Å². The molecule has 2 heterocycles. The Hall–Kier alpha value is -4.31. The molecule has 1 atom stereocenters. The van der Waals surface area contributed by atoms with Crippen LogP contribution in [0.15, 0.2) is 102 Å². The third kappa shape index (κ3) is 7.30. The first kappa shape index (κ1) is 29.2. The number of thioether (sulfide) groups is 1. The molecule has 0 bridgehead atoms. The number of pyridine rings is 1. The van der Waals surface area contributed by atoms with Crippen molar-refractivity contribution < 1.29 is 23.8 Å². The molecular weight excluding hydrogens is 597 g/mol. The van der Waals surface area contributed by atoms with Gasteiger partial charge in [0, 0.05) is 28.8 Å². The minimum Gasteiger partial charge on any atom is -0.480 e. The van der Waals surface area contributed by atoms with E-state index < -0.39 is 17.9 Å². The van der Waals surface area contributed by atoms with E-state index >= 15 is 0 Å². The van der Waals surface area contributed by atoms with Crippen molar-refractivity contribution >= 4 is 46.8 Å². The summed E-state index contributed by atoms with van der Waals surface area (Å²) in [5.41, 5.74) is 1.85. The zero-order chi connectivity index (χ0) is 29.5. The minimum absolute atomic E-state index is 0.0688. The predicted octanol–water partition coefficient (Wildman–Crippen LogP) is 7.62. The fraction of sp³-hybridized carbons (Fsp3) is 0.0968. The molecule has 0 radical (unpaired) electrons. The zero-order valence-corrected chi connectivity index (χ0v) is 24.2. The highest BCUT2D eigenvalue weighted by Crippen LogP contribution is 2.33. The first-order valence-corrected chi connectivity index (χ1v) is 14.6. The van der Waals surface area contributed by atoms with Gasteiger partial charge in [-0.3, -0.25) is 4.79 Å². The number of nitrogens with zero attached hydrogens (tertiary/aromatic N) is 2. The average Bonchev–Trinajstić information content (AvgIpc) is 3.45. The van der Waals surface area contributed by atoms with E-state index in [9.17, 15) is 14.7 Å². The summed E-state index contributed by atoms with van der Waals surface area (Å²) in [6.45, 7) is 0. The lowest BCUT2D eigenvalue weighted by atomic mass is 10.1. The molecule has 0 spiro atoms. The molecule has 0 fully saturated rings. The molecule has 5 rings (SSSR count). The second kappa shape index (κ2) is 13.6. The third-order valence-electron chi connectivity index (χ3n) is 5.98. The Morgan fingerprint density at radius 2 is 1.60 bits per heavy atom. The lowest BCUT2D eigenvalue weighted by Crippen LogP contribution is -2.42. The molecular formula is C31H23Cl2N3O5S. The number of para-hydroxylation sites is 1. The molecule has 8 nitrogen and oxygen atoms in total. The van der Waals surface area contributed by atoms with Crippen LogP contribution < -0.4 is 10.1 Å². The van der Waals surface area contributed by atoms with E-state index in [-0.39, 0.29) is 33.3 Å². The number of benzene rings is 3. The Kier molecular flexibility index (Phi) is 9.43. The number of carbonyl (C=O) groups excluding carboxylic acids is 1. The number of carboxylic acids is 1. The van der Waals surface area contributed by atoms with Gasteiger partial charge in [-0.2, -0.15) is 11.8 Å². The molecule has 42 heavy (non-hydrogen) atoms. The van der Waals surface area contributed by atoms with Crippen molar-refractivity contribution in [3.63, 3.8) is 0 Å². The summed E-state index contributed by atoms with van der Waals surface area (Å²) in [7, 11) is 0. The van der Waals surface area contributed by atoms with Crippen molar-refractivity contribution in [1.82, 2.24) is 15.3 Å². The summed E-state index contributed by atoms with van der Waals surface area (Å²) in [6, 6.07) is 26.3. The van der Waals surface area contributed by atoms with Crippen LogP contribution in [0.1, 0.15) is 16.1 Å². The van der Waals surface area contributed by atoms with Crippen LogP contribution in [0.5, 0.6) is 11.5 Å². The lowest BCUT2D eigenvalue weighted by molar-refractivity contribution is -0.138. The second-order valence-electron chi connectivity index (χ2n) is 9.00. The van der Waals surface area contributed by atoms with Crippen LogP contribution in [0.3, 0.4) is 0 Å². The zero-order valence-electron chi connectivity index (χ0n) is 21.9. The van der Waals surface area contributed by atoms with Gasteiger partial charge in [-0.15, -0.1) is 0 Å². The molecule has 11 heteroatoms. The quantitative estimate of drug-likeness (QED) is 0.145. The van der Waals surface area contributed by atoms with Crippen LogP contribution >= 0.6 is 35.0 Å². The first-order valence-electron chi connectivity index (χ1n) is 12.7. The molecule has 2 N–H and O–H groups in total. The lowest BCUT2D eigenvalue weighted by Gasteiger charge is -2.14. The maximum atomic E-state index is 13.4. The van der Waals surface area contributed by atoms with Gasteiger partial charge in [0.25, 0.3) is 5.91 Å². The molecule has 2 aromatic heterocycles. The summed E-state index contributed by atoms with van der Waals surface area (Å²) in [5, 5.41) is 12.6. The topological polar surface area (TPSA) is 115 Å². The monoisotopic (exact) mass is 619 g/mol. The van der Waals surface area contributed by atoms with E-state index in [4.69, 9.17) is 32.4 Å². The van der Waals surface area contributed by atoms with E-state index in [2.05, 4.69) is 15.3 Å². The van der Waals surface area contributed by atoms with Gasteiger partial charge in [-0.05, 0) is 48.0 Å². The van der Waals surface area contributed by atoms with E-state index in [1.54, 1.807) is 24.3 Å². The van der Waals surface area contributed by atoms with Crippen molar-refractivity contribution in [2.75, 3.05) is 5.75 Å². The molecule has 0 saturated carbocycles. The van der Waals surface area contributed by atoms with Gasteiger partial charge in [-0.25, -0.2) is 14.8 Å². The van der Waals surface area contributed by atoms with Gasteiger partial charge < -0.3 is 19.6 Å². The van der Waals surface area contributed by atoms with Gasteiger partial charge in [0.1, 0.15) is 22.7 Å². The van der Waals surface area contributed by atoms with Crippen molar-refractivity contribution in [2.45, 2.75) is 11.8 Å². The van der Waals surface area contributed by atoms with Gasteiger partial charge in [0.05, 0.1) is 5.02 Å². The Labute approximate surface area is 255 Å². The molecule has 212 valence electrons. The summed E-state index contributed by atoms with van der Waals surface area (Å²) in [5.74, 6) is 0.344. The van der Waals surface area contributed by atoms with Crippen LogP contribution in [-0.4, -0.2) is 38.7 Å². The van der Waals surface area contributed by atoms with Crippen LogP contribution in [-0.2, 0) is 10.5 Å². The predicted molar refractivity (Wildman–Crippen MR) is 163 cm³/mol. The SMILES string of the molecule is O=C(NC(CSCc1ccccc1)C(=O)O)c1nc(-c2ccc(Oc3ccccc3)cc2)oc1-c1cnc(Cl)c(Cl)c1. The maximum Gasteiger partial charge on any atom is 0.327 e. The van der Waals surface area contributed by atoms with Gasteiger partial charge in [0.15, 0.2) is 11.5 Å². The first-order chi connectivity index (χ1) is 20.4. The normalized spacial score (nSPS) is 11.6. The molecule has 3 aromatic carbocycles. The minimum atomic E-state index is -1.17. The Balaban J connectivity index is 1.39. The number of nitrogens with one attached hydrogen (secondary N) is 1. The number of carbonyl (C=O) groups is 2. The van der Waals surface area contributed by atoms with E-state index in [0.717, 1.165) is 5.56 Å². The summed E-state index contributed by atoms with van der Waals surface area (Å²) < 4.78 is 11.9. The van der Waals surface area contributed by atoms with Crippen molar-refractivity contribution in [1.29, 1.82) is 0 Å². The highest BCUT2D eigenvalue weighted by atomic mass is 35.5. The Morgan fingerprint density at radius 3 is 2.26 bits per heavy atom. The highest BCUT2D eigenvalue weighted by molar-refractivity contribution is 7.98. The molecule has 0 aliphatic rings. The van der Waals surface area contributed by atoms with Crippen LogP contribution in [0.25, 0.3) is 22.8 Å². The molecule has 1 amide bonds. The van der Waals surface area contributed by atoms with Crippen LogP contribution in [0.4, 0.5) is 0 Å². The number of hydrogen-bond acceptors (Lipinski definition) is 7. The molecule has 1 unspecified atom stereocenters. The van der Waals surface area contributed by atoms with Gasteiger partial charge >= 0.3 is 5.97 Å². The Bertz CT molecular complexity index is 1680. The summed E-state index contributed by atoms with van der Waals surface area (Å²) in [6.07, 6.45) is 1.40. The van der Waals surface area contributed by atoms with Crippen LogP contribution in [0, 0.1) is 0 Å². The second-order valence-corrected chi connectivity index (χ2v) is 10.8. The number of aromatic nitrogens is 2. The highest BCUT2D eigenvalue weighted by Gasteiger charge is 2.27. The number of aliphatic carboxylic acids is 1. The number of halogens is 2. The average molecular weight is 621 g/mol. The fourth-order valence-corrected chi connectivity index (χ4v) is 5.18. The number of ether oxygens (including phenoxy) is 1. The number of rotatable bonds is 11. The number of oxazole rings is 1. The molecule has 0 saturated heterocycles. The fourth-order valence-electron chi connectivity index (χ4n) is 3.90. The van der Waals surface area contributed by atoms with Crippen LogP contribution in [0.2, 0.25) is 10.2 Å². The van der Waals surface area contributed by atoms with Crippen molar-refractivity contribution in [3.05, 3.63) is 119 Å². The van der Waals surface area contributed by atoms with E-state index in [1.807, 2.05) is 60.7 Å². The molecule has 0 aliphatic carbocycles. The number of amides is 1. The smallest absolute Gasteiger partial charge is 0.327 e. The van der Waals surface area contributed by atoms with Crippen molar-refractivity contribution in [3.8, 4) is 34.3 Å². The largest absolute Gasteiger partial charge is 0.480 e. The maximum absolute atomic E-state index is 13.4. The van der Waals surface area contributed by atoms with E-state index in [1.165, 1.54) is 24.0 Å². The van der Waals surface area contributed by atoms with E-state index in [0.29, 0.717) is 28.4 Å².